The van der Waals surface area contributed by atoms with Gasteiger partial charge in [0.15, 0.2) is 0 Å². The molecule has 1 amide bonds. The highest BCUT2D eigenvalue weighted by Gasteiger charge is 2.29. The molecular formula is C56H76N2O7. The lowest BCUT2D eigenvalue weighted by Gasteiger charge is -2.18. The van der Waals surface area contributed by atoms with Gasteiger partial charge in [0.2, 0.25) is 5.91 Å². The molecule has 352 valence electrons. The zero-order chi connectivity index (χ0) is 48.2. The molecule has 1 aliphatic rings. The third kappa shape index (κ3) is 28.7. The lowest BCUT2D eigenvalue weighted by atomic mass is 9.99. The van der Waals surface area contributed by atoms with Crippen LogP contribution in [0, 0.1) is 29.6 Å². The Morgan fingerprint density at radius 3 is 1.26 bits per heavy atom. The first-order chi connectivity index (χ1) is 31.3. The van der Waals surface area contributed by atoms with E-state index in [2.05, 4.69) is 85.3 Å². The minimum absolute atomic E-state index is 0.00125. The number of hydrogen-bond acceptors (Lipinski definition) is 7. The summed E-state index contributed by atoms with van der Waals surface area (Å²) in [5, 5.41) is 9.91. The molecule has 0 aliphatic carbocycles. The summed E-state index contributed by atoms with van der Waals surface area (Å²) in [6, 6.07) is 50.8. The van der Waals surface area contributed by atoms with Gasteiger partial charge < -0.3 is 19.5 Å². The van der Waals surface area contributed by atoms with E-state index in [1.54, 1.807) is 28.1 Å². The molecule has 65 heavy (non-hydrogen) atoms. The number of carboxylic acids is 1. The minimum atomic E-state index is -0.737. The van der Waals surface area contributed by atoms with Crippen LogP contribution < -0.4 is 5.48 Å². The minimum Gasteiger partial charge on any atom is -0.481 e. The molecule has 0 radical (unpaired) electrons. The van der Waals surface area contributed by atoms with Crippen molar-refractivity contribution in [3.05, 3.63) is 192 Å². The van der Waals surface area contributed by atoms with E-state index in [9.17, 15) is 14.4 Å². The topological polar surface area (TPSA) is 118 Å². The predicted octanol–water partition coefficient (Wildman–Crippen LogP) is 11.0. The Bertz CT molecular complexity index is 1880. The molecule has 6 rings (SSSR count). The number of epoxide rings is 1. The number of allylic oxidation sites excluding steroid dienone is 1. The van der Waals surface area contributed by atoms with Gasteiger partial charge in [0.25, 0.3) is 0 Å². The van der Waals surface area contributed by atoms with Gasteiger partial charge in [0.05, 0.1) is 32.8 Å². The number of rotatable bonds is 17. The van der Waals surface area contributed by atoms with Crippen LogP contribution in [-0.4, -0.2) is 69.4 Å². The molecule has 0 spiro atoms. The lowest BCUT2D eigenvalue weighted by molar-refractivity contribution is -0.172. The SMILES string of the molecule is C=C[C@@H](C)Cc1ccccc1.CNOC.CON(C)C(=O)[C@@H](C)Cc1ccccc1.C[C@@H](Cc1ccccc1)C(=O)O.C[C@@H](Cc1ccccc1)[C@H]1CO1.C[C@H](C=O)Cc1ccccc1. The third-order valence-corrected chi connectivity index (χ3v) is 10.2. The second kappa shape index (κ2) is 35.6. The number of carboxylic acid groups (broad SMARTS) is 1. The maximum atomic E-state index is 11.7. The molecule has 6 atom stereocenters. The number of aldehydes is 1. The number of hydrogen-bond donors (Lipinski definition) is 2. The van der Waals surface area contributed by atoms with Gasteiger partial charge in [0, 0.05) is 25.9 Å². The van der Waals surface area contributed by atoms with Crippen LogP contribution in [-0.2, 0) is 60.9 Å². The van der Waals surface area contributed by atoms with Gasteiger partial charge in [-0.05, 0) is 71.8 Å². The Labute approximate surface area is 390 Å². The number of ether oxygens (including phenoxy) is 1. The number of nitrogens with zero attached hydrogens (tertiary/aromatic N) is 1. The molecular weight excluding hydrogens is 813 g/mol. The highest BCUT2D eigenvalue weighted by atomic mass is 16.7. The average molecular weight is 889 g/mol. The molecule has 0 bridgehead atoms. The monoisotopic (exact) mass is 889 g/mol. The fourth-order valence-corrected chi connectivity index (χ4v) is 6.11. The van der Waals surface area contributed by atoms with Gasteiger partial charge >= 0.3 is 5.97 Å². The van der Waals surface area contributed by atoms with Crippen molar-refractivity contribution in [2.24, 2.45) is 29.6 Å². The Hall–Kier alpha value is -5.71. The van der Waals surface area contributed by atoms with Crippen molar-refractivity contribution in [3.63, 3.8) is 0 Å². The van der Waals surface area contributed by atoms with Crippen molar-refractivity contribution in [2.75, 3.05) is 34.9 Å². The van der Waals surface area contributed by atoms with E-state index in [0.29, 0.717) is 24.4 Å². The molecule has 2 N–H and O–H groups in total. The van der Waals surface area contributed by atoms with Crippen LogP contribution in [0.15, 0.2) is 164 Å². The molecule has 0 saturated carbocycles. The van der Waals surface area contributed by atoms with Gasteiger partial charge in [-0.25, -0.2) is 10.5 Å². The fraction of sp³-hybridized carbons (Fsp3) is 0.375. The van der Waals surface area contributed by atoms with Gasteiger partial charge in [-0.15, -0.1) is 6.58 Å². The van der Waals surface area contributed by atoms with Crippen molar-refractivity contribution < 1.29 is 33.9 Å². The van der Waals surface area contributed by atoms with Crippen LogP contribution in [0.2, 0.25) is 0 Å². The number of amides is 1. The van der Waals surface area contributed by atoms with Crippen LogP contribution in [0.1, 0.15) is 62.4 Å². The van der Waals surface area contributed by atoms with Gasteiger partial charge in [-0.1, -0.05) is 192 Å². The van der Waals surface area contributed by atoms with Crippen LogP contribution in [0.4, 0.5) is 0 Å². The normalized spacial score (nSPS) is 14.1. The second-order valence-corrected chi connectivity index (χ2v) is 16.2. The summed E-state index contributed by atoms with van der Waals surface area (Å²) in [6.45, 7) is 14.7. The lowest BCUT2D eigenvalue weighted by Crippen LogP contribution is -2.31. The zero-order valence-corrected chi connectivity index (χ0v) is 40.3. The van der Waals surface area contributed by atoms with E-state index in [0.717, 1.165) is 44.1 Å². The van der Waals surface area contributed by atoms with E-state index < -0.39 is 5.97 Å². The smallest absolute Gasteiger partial charge is 0.306 e. The summed E-state index contributed by atoms with van der Waals surface area (Å²) < 4.78 is 5.24. The second-order valence-electron chi connectivity index (χ2n) is 16.2. The molecule has 1 aliphatic heterocycles. The summed E-state index contributed by atoms with van der Waals surface area (Å²) in [6.07, 6.45) is 7.97. The summed E-state index contributed by atoms with van der Waals surface area (Å²) in [5.41, 5.74) is 8.71. The summed E-state index contributed by atoms with van der Waals surface area (Å²) in [7, 11) is 6.40. The highest BCUT2D eigenvalue weighted by molar-refractivity contribution is 5.77. The van der Waals surface area contributed by atoms with E-state index in [-0.39, 0.29) is 23.7 Å². The first kappa shape index (κ1) is 57.3. The standard InChI is InChI=1S/C12H17NO2.C11H14O.C11H14.C10H12O2.C10H12O.C2H7NO/c1-10(12(14)13(2)15-3)9-11-7-5-4-6-8-11;1-9(11-8-12-11)7-10-5-3-2-4-6-10;1-3-10(2)9-11-7-5-4-6-8-11;1-8(10(11)12)7-9-5-3-2-4-6-9;1-9(8-11)7-10-5-3-2-4-6-10;1-3-4-2/h4-8,10H,9H2,1-3H3;2-6,9,11H,7-8H2,1H3;3-8,10H,1,9H2,2H3;2-6,8H,7H2,1H3,(H,11,12);2-6,8-9H,7H2,1H3;3H,1-2H3/t10-;9-,11+;10-;8-;9-;/m00100./s1. The van der Waals surface area contributed by atoms with Gasteiger partial charge in [0.1, 0.15) is 6.29 Å². The molecule has 0 aromatic heterocycles. The van der Waals surface area contributed by atoms with Crippen molar-refractivity contribution in [1.29, 1.82) is 0 Å². The van der Waals surface area contributed by atoms with Crippen LogP contribution in [0.25, 0.3) is 0 Å². The van der Waals surface area contributed by atoms with Crippen molar-refractivity contribution in [3.8, 4) is 0 Å². The Balaban J connectivity index is 0.000000399. The molecule has 1 heterocycles. The van der Waals surface area contributed by atoms with Crippen LogP contribution in [0.5, 0.6) is 0 Å². The average Bonchev–Trinajstić information content (AvgIpc) is 4.20. The number of carbonyl (C=O) groups is 3. The number of carbonyl (C=O) groups excluding carboxylic acids is 2. The van der Waals surface area contributed by atoms with Crippen molar-refractivity contribution in [1.82, 2.24) is 10.5 Å². The molecule has 0 unspecified atom stereocenters. The van der Waals surface area contributed by atoms with Crippen molar-refractivity contribution in [2.45, 2.75) is 72.8 Å². The highest BCUT2D eigenvalue weighted by Crippen LogP contribution is 2.23. The number of aliphatic carboxylic acids is 1. The van der Waals surface area contributed by atoms with E-state index in [4.69, 9.17) is 14.7 Å². The maximum Gasteiger partial charge on any atom is 0.306 e. The van der Waals surface area contributed by atoms with Crippen molar-refractivity contribution >= 4 is 18.2 Å². The molecule has 9 heteroatoms. The number of nitrogens with one attached hydrogen (secondary N) is 1. The Morgan fingerprint density at radius 1 is 0.646 bits per heavy atom. The quantitative estimate of drug-likeness (QED) is 0.0410. The van der Waals surface area contributed by atoms with Crippen LogP contribution >= 0.6 is 0 Å². The fourth-order valence-electron chi connectivity index (χ4n) is 6.11. The van der Waals surface area contributed by atoms with E-state index in [1.165, 1.54) is 34.4 Å². The number of hydroxylamine groups is 3. The third-order valence-electron chi connectivity index (χ3n) is 10.2. The summed E-state index contributed by atoms with van der Waals surface area (Å²) in [5.74, 6) is 0.298. The molecule has 5 aromatic carbocycles. The zero-order valence-electron chi connectivity index (χ0n) is 40.3. The Morgan fingerprint density at radius 2 is 0.969 bits per heavy atom. The van der Waals surface area contributed by atoms with E-state index >= 15 is 0 Å². The van der Waals surface area contributed by atoms with Crippen LogP contribution in [0.3, 0.4) is 0 Å². The molecule has 9 nitrogen and oxygen atoms in total. The maximum absolute atomic E-state index is 11.7. The largest absolute Gasteiger partial charge is 0.481 e. The predicted molar refractivity (Wildman–Crippen MR) is 266 cm³/mol. The molecule has 1 fully saturated rings. The first-order valence-corrected chi connectivity index (χ1v) is 22.4. The van der Waals surface area contributed by atoms with E-state index in [1.807, 2.05) is 117 Å². The summed E-state index contributed by atoms with van der Waals surface area (Å²) >= 11 is 0. The number of benzene rings is 5. The molecule has 1 saturated heterocycles. The van der Waals surface area contributed by atoms with Gasteiger partial charge in [-0.2, -0.15) is 0 Å². The Kier molecular flexibility index (Phi) is 31.4. The first-order valence-electron chi connectivity index (χ1n) is 22.4. The van der Waals surface area contributed by atoms with Gasteiger partial charge in [-0.3, -0.25) is 14.4 Å². The molecule has 5 aromatic rings. The summed E-state index contributed by atoms with van der Waals surface area (Å²) in [4.78, 5) is 41.6.